The number of nitrogen functional groups attached to an aromatic ring is 1. The third kappa shape index (κ3) is 6.99. The van der Waals surface area contributed by atoms with Crippen molar-refractivity contribution in [1.29, 1.82) is 0 Å². The zero-order chi connectivity index (χ0) is 49.2. The summed E-state index contributed by atoms with van der Waals surface area (Å²) in [4.78, 5) is 96.2. The summed E-state index contributed by atoms with van der Waals surface area (Å²) in [6, 6.07) is 20.4. The summed E-state index contributed by atoms with van der Waals surface area (Å²) in [5.41, 5.74) is 12.7. The van der Waals surface area contributed by atoms with E-state index in [-0.39, 0.29) is 68.5 Å². The number of pyridine rings is 3. The van der Waals surface area contributed by atoms with Crippen LogP contribution in [0.25, 0.3) is 72.3 Å². The number of nitrogens with zero attached hydrogens (tertiary/aromatic N) is 3. The van der Waals surface area contributed by atoms with E-state index in [9.17, 15) is 39.0 Å². The van der Waals surface area contributed by atoms with Crippen molar-refractivity contribution in [2.24, 2.45) is 5.41 Å². The number of aryl methyl sites for hydroxylation is 2. The number of nitrogens with one attached hydrogen (secondary N) is 4. The Kier molecular flexibility index (Phi) is 9.88. The van der Waals surface area contributed by atoms with Crippen LogP contribution >= 0.6 is 11.6 Å². The summed E-state index contributed by atoms with van der Waals surface area (Å²) in [5, 5.41) is 23.5. The molecular weight excluding hydrogens is 924 g/mol. The van der Waals surface area contributed by atoms with Gasteiger partial charge in [0.1, 0.15) is 11.4 Å². The van der Waals surface area contributed by atoms with Gasteiger partial charge in [-0.25, -0.2) is 14.6 Å². The van der Waals surface area contributed by atoms with Crippen LogP contribution in [0.2, 0.25) is 5.02 Å². The number of aromatic amines is 4. The van der Waals surface area contributed by atoms with Crippen molar-refractivity contribution in [2.75, 3.05) is 5.73 Å². The number of carboxylic acid groups (broad SMARTS) is 2. The lowest BCUT2D eigenvalue weighted by molar-refractivity contribution is 0.0676. The molecule has 3 aliphatic rings. The first-order chi connectivity index (χ1) is 34.1. The van der Waals surface area contributed by atoms with Crippen molar-refractivity contribution in [3.8, 4) is 33.5 Å². The minimum absolute atomic E-state index is 0.0148. The highest BCUT2D eigenvalue weighted by atomic mass is 35.5. The van der Waals surface area contributed by atoms with Gasteiger partial charge >= 0.3 is 11.9 Å². The van der Waals surface area contributed by atoms with Crippen molar-refractivity contribution in [3.63, 3.8) is 0 Å². The number of halogens is 1. The number of carboxylic acids is 2. The van der Waals surface area contributed by atoms with Gasteiger partial charge in [0.05, 0.1) is 16.5 Å². The monoisotopic (exact) mass is 966 g/mol. The van der Waals surface area contributed by atoms with Crippen molar-refractivity contribution in [2.45, 2.75) is 65.0 Å². The lowest BCUT2D eigenvalue weighted by Gasteiger charge is -2.31. The number of carbonyl (C=O) groups is 2. The Hall–Kier alpha value is -8.50. The second-order valence-electron chi connectivity index (χ2n) is 19.2. The van der Waals surface area contributed by atoms with Gasteiger partial charge in [-0.3, -0.25) is 24.2 Å². The first kappa shape index (κ1) is 43.8. The highest BCUT2D eigenvalue weighted by Crippen LogP contribution is 2.52. The fourth-order valence-corrected chi connectivity index (χ4v) is 11.9. The summed E-state index contributed by atoms with van der Waals surface area (Å²) in [6.07, 6.45) is 9.55. The van der Waals surface area contributed by atoms with Gasteiger partial charge in [-0.05, 0) is 139 Å². The number of nitrogens with two attached hydrogens (primary N) is 1. The fourth-order valence-electron chi connectivity index (χ4n) is 11.7. The molecule has 17 heteroatoms. The number of hydrogen-bond donors (Lipinski definition) is 7. The molecule has 16 nitrogen and oxygen atoms in total. The van der Waals surface area contributed by atoms with E-state index >= 15 is 0 Å². The second-order valence-corrected chi connectivity index (χ2v) is 19.6. The number of H-pyrrole nitrogens is 4. The zero-order valence-electron chi connectivity index (χ0n) is 38.1. The molecule has 6 heterocycles. The quantitative estimate of drug-likeness (QED) is 0.0729. The van der Waals surface area contributed by atoms with Crippen molar-refractivity contribution >= 4 is 68.3 Å². The summed E-state index contributed by atoms with van der Waals surface area (Å²) >= 11 is 6.78. The number of rotatable bonds is 9. The van der Waals surface area contributed by atoms with E-state index in [2.05, 4.69) is 37.9 Å². The van der Waals surface area contributed by atoms with E-state index in [1.165, 1.54) is 23.9 Å². The van der Waals surface area contributed by atoms with Crippen LogP contribution in [-0.2, 0) is 32.4 Å². The number of anilines is 1. The number of hydrogen-bond acceptors (Lipinski definition) is 8. The van der Waals surface area contributed by atoms with Crippen LogP contribution in [0.3, 0.4) is 0 Å². The van der Waals surface area contributed by atoms with Gasteiger partial charge in [-0.2, -0.15) is 0 Å². The molecule has 0 spiro atoms. The average molecular weight is 967 g/mol. The predicted molar refractivity (Wildman–Crippen MR) is 272 cm³/mol. The molecule has 1 saturated carbocycles. The van der Waals surface area contributed by atoms with Crippen LogP contribution in [-0.4, -0.2) is 56.2 Å². The average Bonchev–Trinajstić information content (AvgIpc) is 4.09. The molecule has 9 aromatic rings. The number of fused-ring (bicyclic) bond motifs is 6. The second kappa shape index (κ2) is 16.0. The molecule has 12 rings (SSSR count). The van der Waals surface area contributed by atoms with Crippen LogP contribution in [0.4, 0.5) is 5.95 Å². The summed E-state index contributed by atoms with van der Waals surface area (Å²) < 4.78 is 3.33. The summed E-state index contributed by atoms with van der Waals surface area (Å²) in [7, 11) is 0. The smallest absolute Gasteiger partial charge is 0.353 e. The van der Waals surface area contributed by atoms with Gasteiger partial charge in [0.15, 0.2) is 0 Å². The number of aromatic nitrogens is 7. The molecule has 3 aliphatic carbocycles. The molecule has 0 amide bonds. The van der Waals surface area contributed by atoms with Crippen molar-refractivity contribution in [3.05, 3.63) is 176 Å². The molecule has 0 aliphatic heterocycles. The molecule has 1 fully saturated rings. The molecule has 71 heavy (non-hydrogen) atoms. The Morgan fingerprint density at radius 1 is 0.761 bits per heavy atom. The van der Waals surface area contributed by atoms with Crippen molar-refractivity contribution in [1.82, 2.24) is 34.1 Å². The molecule has 6 aromatic heterocycles. The largest absolute Gasteiger partial charge is 0.477 e. The first-order valence-corrected chi connectivity index (χ1v) is 23.7. The molecule has 1 unspecified atom stereocenters. The van der Waals surface area contributed by atoms with Crippen LogP contribution in [0.1, 0.15) is 87.1 Å². The molecule has 8 N–H and O–H groups in total. The van der Waals surface area contributed by atoms with E-state index in [0.29, 0.717) is 61.9 Å². The fraction of sp³-hybridized carbons (Fsp3) is 0.204. The highest BCUT2D eigenvalue weighted by molar-refractivity contribution is 6.32. The number of aromatic carboxylic acids is 2. The standard InChI is InChI=1S/C54H43ClN8O8/c1-54-13-3-7-30(54)20-42-36(22-54)45(32-8-4-14-57-48(32)65)47(52(70)71)62(42)23-28-19-43(64)58-39-17-27(9-10-31(28)39)38-12-11-33(49(66)59-38)44-35-15-25-5-2-6-26(25)18-41(35)63(46(44)51(68)69)24-29-16-34-40(21-37(29)55)60-53(56)61-50(34)67/h4,8-12,14-21H,2-3,5-7,13,22-24H2,1H3,(H,57,65)(H,58,64)(H,59,66)(H,68,69)(H,70,71)(H3,56,60,61,67). The van der Waals surface area contributed by atoms with E-state index < -0.39 is 34.2 Å². The summed E-state index contributed by atoms with van der Waals surface area (Å²) in [5.74, 6) is -2.54. The van der Waals surface area contributed by atoms with E-state index in [4.69, 9.17) is 17.3 Å². The molecule has 0 saturated heterocycles. The van der Waals surface area contributed by atoms with Crippen LogP contribution in [0.5, 0.6) is 0 Å². The molecule has 3 aromatic carbocycles. The lowest BCUT2D eigenvalue weighted by Crippen LogP contribution is -2.22. The minimum Gasteiger partial charge on any atom is -0.477 e. The number of allylic oxidation sites excluding steroid dienone is 1. The van der Waals surface area contributed by atoms with E-state index in [0.717, 1.165) is 55.2 Å². The Morgan fingerprint density at radius 2 is 1.52 bits per heavy atom. The molecule has 1 atom stereocenters. The lowest BCUT2D eigenvalue weighted by atomic mass is 9.74. The van der Waals surface area contributed by atoms with Crippen LogP contribution in [0.15, 0.2) is 104 Å². The Balaban J connectivity index is 0.955. The predicted octanol–water partition coefficient (Wildman–Crippen LogP) is 8.25. The maximum Gasteiger partial charge on any atom is 0.353 e. The molecule has 354 valence electrons. The van der Waals surface area contributed by atoms with Gasteiger partial charge in [0.2, 0.25) is 11.5 Å². The topological polar surface area (TPSA) is 255 Å². The summed E-state index contributed by atoms with van der Waals surface area (Å²) in [6.45, 7) is 2.16. The Labute approximate surface area is 406 Å². The van der Waals surface area contributed by atoms with Gasteiger partial charge in [0, 0.05) is 85.8 Å². The normalized spacial score (nSPS) is 16.1. The molecule has 0 bridgehead atoms. The zero-order valence-corrected chi connectivity index (χ0v) is 38.8. The van der Waals surface area contributed by atoms with Crippen LogP contribution in [0, 0.1) is 5.41 Å². The van der Waals surface area contributed by atoms with Gasteiger partial charge in [-0.1, -0.05) is 36.2 Å². The molecular formula is C54H43ClN8O8. The third-order valence-electron chi connectivity index (χ3n) is 15.0. The Morgan fingerprint density at radius 3 is 2.30 bits per heavy atom. The highest BCUT2D eigenvalue weighted by Gasteiger charge is 2.41. The van der Waals surface area contributed by atoms with E-state index in [1.54, 1.807) is 57.7 Å². The van der Waals surface area contributed by atoms with Gasteiger partial charge in [0.25, 0.3) is 16.7 Å². The molecule has 0 radical (unpaired) electrons. The van der Waals surface area contributed by atoms with Gasteiger partial charge < -0.3 is 40.0 Å². The van der Waals surface area contributed by atoms with Crippen LogP contribution < -0.4 is 28.0 Å². The maximum atomic E-state index is 14.4. The third-order valence-corrected chi connectivity index (χ3v) is 15.3. The minimum atomic E-state index is -1.27. The number of benzene rings is 3. The van der Waals surface area contributed by atoms with Gasteiger partial charge in [-0.15, -0.1) is 0 Å². The van der Waals surface area contributed by atoms with E-state index in [1.807, 2.05) is 12.1 Å². The Bertz CT molecular complexity index is 4150. The SMILES string of the molecule is CC12CCCC1=Cc1c(c(-c3ccc[nH]c3=O)c(C(=O)O)n1Cc1cc(=O)[nH]c3cc(-c4ccc(-c5c(C(=O)O)n(Cc6cc7c(=O)[nH]c(N)nc7cc6Cl)c6cc7c(cc56)CCC7)c(=O)[nH]4)ccc13)C2. The maximum absolute atomic E-state index is 14.4. The first-order valence-electron chi connectivity index (χ1n) is 23.3. The van der Waals surface area contributed by atoms with Crippen molar-refractivity contribution < 1.29 is 19.8 Å².